The first-order valence-corrected chi connectivity index (χ1v) is 9.44. The molecule has 104 valence electrons. The monoisotopic (exact) mass is 260 g/mol. The molecule has 0 saturated carbocycles. The highest BCUT2D eigenvalue weighted by molar-refractivity contribution is 6.67. The second kappa shape index (κ2) is 9.12. The van der Waals surface area contributed by atoms with Crippen molar-refractivity contribution in [2.45, 2.75) is 65.5 Å². The molecule has 0 aromatic rings. The zero-order chi connectivity index (χ0) is 13.3. The Bertz CT molecular complexity index is 157. The molecule has 0 amide bonds. The van der Waals surface area contributed by atoms with Crippen molar-refractivity contribution in [2.75, 3.05) is 14.2 Å². The number of hydrogen-bond acceptors (Lipinski definition) is 2. The maximum absolute atomic E-state index is 5.87. The summed E-state index contributed by atoms with van der Waals surface area (Å²) in [6.45, 7) is 9.09. The Hall–Kier alpha value is 0.137. The van der Waals surface area contributed by atoms with Crippen molar-refractivity contribution >= 4 is 8.56 Å². The molecule has 0 radical (unpaired) electrons. The Balaban J connectivity index is 4.63. The van der Waals surface area contributed by atoms with Crippen molar-refractivity contribution in [1.82, 2.24) is 0 Å². The van der Waals surface area contributed by atoms with Gasteiger partial charge >= 0.3 is 8.56 Å². The largest absolute Gasteiger partial charge is 0.398 e. The van der Waals surface area contributed by atoms with Gasteiger partial charge in [-0.25, -0.2) is 0 Å². The molecule has 17 heavy (non-hydrogen) atoms. The van der Waals surface area contributed by atoms with E-state index in [1.807, 2.05) is 14.2 Å². The van der Waals surface area contributed by atoms with E-state index in [-0.39, 0.29) is 0 Å². The fraction of sp³-hybridized carbons (Fsp3) is 1.00. The van der Waals surface area contributed by atoms with E-state index < -0.39 is 8.56 Å². The first kappa shape index (κ1) is 17.1. The Kier molecular flexibility index (Phi) is 9.19. The molecule has 0 heterocycles. The van der Waals surface area contributed by atoms with Crippen LogP contribution in [0, 0.1) is 11.8 Å². The van der Waals surface area contributed by atoms with E-state index in [0.717, 1.165) is 23.9 Å². The molecule has 2 nitrogen and oxygen atoms in total. The SMILES string of the molecule is CCC(CC)C[Si](CC(CC)CC)(OC)OC. The van der Waals surface area contributed by atoms with Gasteiger partial charge in [-0.1, -0.05) is 53.4 Å². The van der Waals surface area contributed by atoms with Crippen LogP contribution in [0.5, 0.6) is 0 Å². The molecule has 0 fully saturated rings. The van der Waals surface area contributed by atoms with Gasteiger partial charge in [0.2, 0.25) is 0 Å². The van der Waals surface area contributed by atoms with Gasteiger partial charge in [0.1, 0.15) is 0 Å². The van der Waals surface area contributed by atoms with Gasteiger partial charge in [0.15, 0.2) is 0 Å². The van der Waals surface area contributed by atoms with Crippen LogP contribution in [-0.2, 0) is 8.85 Å². The highest BCUT2D eigenvalue weighted by atomic mass is 28.4. The van der Waals surface area contributed by atoms with Crippen molar-refractivity contribution in [3.8, 4) is 0 Å². The molecular formula is C14H32O2Si. The second-order valence-electron chi connectivity index (χ2n) is 5.09. The molecule has 0 aromatic heterocycles. The Morgan fingerprint density at radius 3 is 1.18 bits per heavy atom. The van der Waals surface area contributed by atoms with Gasteiger partial charge in [-0.3, -0.25) is 0 Å². The van der Waals surface area contributed by atoms with E-state index in [9.17, 15) is 0 Å². The van der Waals surface area contributed by atoms with E-state index >= 15 is 0 Å². The summed E-state index contributed by atoms with van der Waals surface area (Å²) in [5.74, 6) is 1.52. The lowest BCUT2D eigenvalue weighted by molar-refractivity contribution is 0.223. The topological polar surface area (TPSA) is 18.5 Å². The van der Waals surface area contributed by atoms with Crippen LogP contribution < -0.4 is 0 Å². The van der Waals surface area contributed by atoms with Gasteiger partial charge in [-0.15, -0.1) is 0 Å². The second-order valence-corrected chi connectivity index (χ2v) is 8.55. The summed E-state index contributed by atoms with van der Waals surface area (Å²) in [7, 11) is 1.74. The first-order valence-electron chi connectivity index (χ1n) is 7.21. The summed E-state index contributed by atoms with van der Waals surface area (Å²) in [6.07, 6.45) is 4.95. The fourth-order valence-corrected chi connectivity index (χ4v) is 6.45. The molecule has 0 aromatic carbocycles. The molecule has 0 unspecified atom stereocenters. The zero-order valence-corrected chi connectivity index (χ0v) is 13.7. The van der Waals surface area contributed by atoms with Crippen molar-refractivity contribution in [3.05, 3.63) is 0 Å². The summed E-state index contributed by atoms with van der Waals surface area (Å²) in [4.78, 5) is 0. The molecule has 0 bridgehead atoms. The van der Waals surface area contributed by atoms with E-state index in [0.29, 0.717) is 0 Å². The molecule has 0 N–H and O–H groups in total. The maximum atomic E-state index is 5.87. The third kappa shape index (κ3) is 5.54. The minimum atomic E-state index is -1.95. The molecule has 0 aliphatic carbocycles. The quantitative estimate of drug-likeness (QED) is 0.535. The van der Waals surface area contributed by atoms with Gasteiger partial charge in [-0.05, 0) is 23.9 Å². The molecule has 0 rings (SSSR count). The zero-order valence-electron chi connectivity index (χ0n) is 12.7. The predicted molar refractivity (Wildman–Crippen MR) is 77.5 cm³/mol. The van der Waals surface area contributed by atoms with Crippen LogP contribution in [0.3, 0.4) is 0 Å². The first-order chi connectivity index (χ1) is 8.11. The fourth-order valence-electron chi connectivity index (χ4n) is 2.53. The minimum absolute atomic E-state index is 0.760. The highest BCUT2D eigenvalue weighted by Gasteiger charge is 2.38. The summed E-state index contributed by atoms with van der Waals surface area (Å²) >= 11 is 0. The molecule has 0 aliphatic rings. The summed E-state index contributed by atoms with van der Waals surface area (Å²) in [5.41, 5.74) is 0. The molecule has 0 aliphatic heterocycles. The highest BCUT2D eigenvalue weighted by Crippen LogP contribution is 2.31. The summed E-state index contributed by atoms with van der Waals surface area (Å²) < 4.78 is 11.7. The van der Waals surface area contributed by atoms with Gasteiger partial charge in [0.05, 0.1) is 0 Å². The Labute approximate surface area is 109 Å². The van der Waals surface area contributed by atoms with Crippen LogP contribution in [0.25, 0.3) is 0 Å². The lowest BCUT2D eigenvalue weighted by Crippen LogP contribution is -2.43. The van der Waals surface area contributed by atoms with Crippen molar-refractivity contribution in [3.63, 3.8) is 0 Å². The van der Waals surface area contributed by atoms with Crippen molar-refractivity contribution < 1.29 is 8.85 Å². The predicted octanol–water partition coefficient (Wildman–Crippen LogP) is 4.59. The average molecular weight is 260 g/mol. The van der Waals surface area contributed by atoms with Crippen molar-refractivity contribution in [2.24, 2.45) is 11.8 Å². The minimum Gasteiger partial charge on any atom is -0.398 e. The lowest BCUT2D eigenvalue weighted by Gasteiger charge is -2.33. The van der Waals surface area contributed by atoms with Gasteiger partial charge in [0.25, 0.3) is 0 Å². The van der Waals surface area contributed by atoms with Crippen LogP contribution in [0.2, 0.25) is 12.1 Å². The molecule has 0 saturated heterocycles. The van der Waals surface area contributed by atoms with E-state index in [2.05, 4.69) is 27.7 Å². The van der Waals surface area contributed by atoms with Crippen LogP contribution in [-0.4, -0.2) is 22.8 Å². The maximum Gasteiger partial charge on any atom is 0.338 e. The van der Waals surface area contributed by atoms with Crippen LogP contribution in [0.1, 0.15) is 53.4 Å². The van der Waals surface area contributed by atoms with Crippen LogP contribution in [0.4, 0.5) is 0 Å². The lowest BCUT2D eigenvalue weighted by atomic mass is 10.1. The van der Waals surface area contributed by atoms with Gasteiger partial charge in [0, 0.05) is 14.2 Å². The Morgan fingerprint density at radius 2 is 1.00 bits per heavy atom. The van der Waals surface area contributed by atoms with Gasteiger partial charge < -0.3 is 8.85 Å². The van der Waals surface area contributed by atoms with Crippen LogP contribution in [0.15, 0.2) is 0 Å². The number of rotatable bonds is 10. The van der Waals surface area contributed by atoms with E-state index in [1.54, 1.807) is 0 Å². The molecule has 0 spiro atoms. The smallest absolute Gasteiger partial charge is 0.338 e. The standard InChI is InChI=1S/C14H32O2Si/c1-7-13(8-2)11-17(15-5,16-6)12-14(9-3)10-4/h13-14H,7-12H2,1-6H3. The third-order valence-corrected chi connectivity index (χ3v) is 8.14. The molecule has 0 atom stereocenters. The molecular weight excluding hydrogens is 228 g/mol. The van der Waals surface area contributed by atoms with Crippen molar-refractivity contribution in [1.29, 1.82) is 0 Å². The molecule has 3 heteroatoms. The van der Waals surface area contributed by atoms with E-state index in [4.69, 9.17) is 8.85 Å². The Morgan fingerprint density at radius 1 is 0.706 bits per heavy atom. The van der Waals surface area contributed by atoms with E-state index in [1.165, 1.54) is 25.7 Å². The average Bonchev–Trinajstić information content (AvgIpc) is 2.40. The summed E-state index contributed by atoms with van der Waals surface area (Å²) in [6, 6.07) is 2.31. The summed E-state index contributed by atoms with van der Waals surface area (Å²) in [5, 5.41) is 0. The number of hydrogen-bond donors (Lipinski definition) is 0. The van der Waals surface area contributed by atoms with Gasteiger partial charge in [-0.2, -0.15) is 0 Å². The van der Waals surface area contributed by atoms with Crippen LogP contribution >= 0.6 is 0 Å². The normalized spacial score (nSPS) is 12.7. The third-order valence-electron chi connectivity index (χ3n) is 4.25.